The molecule has 2 rings (SSSR count). The summed E-state index contributed by atoms with van der Waals surface area (Å²) in [6.07, 6.45) is 1.24. The SMILES string of the molecule is COc1ccc2c(c1)[C@@H](O)[C@@H](N)CC2. The zero-order chi connectivity index (χ0) is 10.1. The zero-order valence-electron chi connectivity index (χ0n) is 8.23. The average Bonchev–Trinajstić information content (AvgIpc) is 2.23. The summed E-state index contributed by atoms with van der Waals surface area (Å²) >= 11 is 0. The largest absolute Gasteiger partial charge is 0.497 e. The molecule has 1 aliphatic carbocycles. The fourth-order valence-electron chi connectivity index (χ4n) is 1.91. The molecule has 0 aromatic heterocycles. The first-order valence-electron chi connectivity index (χ1n) is 4.83. The average molecular weight is 193 g/mol. The Morgan fingerprint density at radius 2 is 2.29 bits per heavy atom. The molecule has 0 fully saturated rings. The molecule has 0 bridgehead atoms. The van der Waals surface area contributed by atoms with Gasteiger partial charge in [-0.15, -0.1) is 0 Å². The van der Waals surface area contributed by atoms with Gasteiger partial charge < -0.3 is 15.6 Å². The normalized spacial score (nSPS) is 25.6. The minimum atomic E-state index is -0.547. The van der Waals surface area contributed by atoms with E-state index in [0.717, 1.165) is 24.2 Å². The summed E-state index contributed by atoms with van der Waals surface area (Å²) < 4.78 is 5.11. The third-order valence-electron chi connectivity index (χ3n) is 2.82. The molecule has 0 amide bonds. The van der Waals surface area contributed by atoms with Crippen molar-refractivity contribution >= 4 is 0 Å². The van der Waals surface area contributed by atoms with E-state index in [0.29, 0.717) is 0 Å². The van der Waals surface area contributed by atoms with Crippen molar-refractivity contribution in [3.8, 4) is 5.75 Å². The molecule has 14 heavy (non-hydrogen) atoms. The molecule has 3 nitrogen and oxygen atoms in total. The van der Waals surface area contributed by atoms with E-state index in [9.17, 15) is 5.11 Å². The number of aliphatic hydroxyl groups is 1. The predicted molar refractivity (Wildman–Crippen MR) is 54.3 cm³/mol. The van der Waals surface area contributed by atoms with Crippen molar-refractivity contribution in [3.05, 3.63) is 29.3 Å². The van der Waals surface area contributed by atoms with E-state index < -0.39 is 6.10 Å². The number of aliphatic hydroxyl groups excluding tert-OH is 1. The number of aryl methyl sites for hydroxylation is 1. The van der Waals surface area contributed by atoms with Crippen LogP contribution in [0.25, 0.3) is 0 Å². The van der Waals surface area contributed by atoms with Crippen molar-refractivity contribution in [1.29, 1.82) is 0 Å². The van der Waals surface area contributed by atoms with Crippen LogP contribution in [0.1, 0.15) is 23.7 Å². The number of hydrogen-bond donors (Lipinski definition) is 2. The van der Waals surface area contributed by atoms with Crippen LogP contribution in [0.3, 0.4) is 0 Å². The first-order chi connectivity index (χ1) is 6.72. The quantitative estimate of drug-likeness (QED) is 0.699. The molecule has 0 saturated carbocycles. The second kappa shape index (κ2) is 3.59. The Hall–Kier alpha value is -1.06. The Balaban J connectivity index is 2.41. The van der Waals surface area contributed by atoms with Crippen LogP contribution >= 0.6 is 0 Å². The molecule has 0 spiro atoms. The van der Waals surface area contributed by atoms with Gasteiger partial charge in [-0.25, -0.2) is 0 Å². The lowest BCUT2D eigenvalue weighted by atomic mass is 9.86. The van der Waals surface area contributed by atoms with Gasteiger partial charge in [0.1, 0.15) is 5.75 Å². The van der Waals surface area contributed by atoms with Crippen LogP contribution in [0.2, 0.25) is 0 Å². The number of hydrogen-bond acceptors (Lipinski definition) is 3. The molecule has 0 unspecified atom stereocenters. The van der Waals surface area contributed by atoms with Gasteiger partial charge in [0, 0.05) is 6.04 Å². The lowest BCUT2D eigenvalue weighted by Gasteiger charge is -2.27. The van der Waals surface area contributed by atoms with Gasteiger partial charge in [0.15, 0.2) is 0 Å². The first-order valence-corrected chi connectivity index (χ1v) is 4.83. The van der Waals surface area contributed by atoms with E-state index >= 15 is 0 Å². The maximum Gasteiger partial charge on any atom is 0.119 e. The van der Waals surface area contributed by atoms with E-state index in [2.05, 4.69) is 0 Å². The summed E-state index contributed by atoms with van der Waals surface area (Å²) in [4.78, 5) is 0. The van der Waals surface area contributed by atoms with Gasteiger partial charge in [-0.1, -0.05) is 6.07 Å². The highest BCUT2D eigenvalue weighted by Crippen LogP contribution is 2.31. The monoisotopic (exact) mass is 193 g/mol. The van der Waals surface area contributed by atoms with Gasteiger partial charge in [-0.05, 0) is 36.1 Å². The molecular weight excluding hydrogens is 178 g/mol. The Bertz CT molecular complexity index is 338. The van der Waals surface area contributed by atoms with Gasteiger partial charge in [0.2, 0.25) is 0 Å². The summed E-state index contributed by atoms with van der Waals surface area (Å²) in [7, 11) is 1.62. The predicted octanol–water partition coefficient (Wildman–Crippen LogP) is 1.00. The number of fused-ring (bicyclic) bond motifs is 1. The Kier molecular flexibility index (Phi) is 2.44. The van der Waals surface area contributed by atoms with Crippen molar-refractivity contribution < 1.29 is 9.84 Å². The Labute approximate surface area is 83.5 Å². The first kappa shape index (κ1) is 9.49. The number of rotatable bonds is 1. The highest BCUT2D eigenvalue weighted by molar-refractivity contribution is 5.39. The van der Waals surface area contributed by atoms with E-state index in [4.69, 9.17) is 10.5 Å². The molecule has 0 saturated heterocycles. The van der Waals surface area contributed by atoms with E-state index in [1.54, 1.807) is 7.11 Å². The van der Waals surface area contributed by atoms with Crippen LogP contribution in [0.5, 0.6) is 5.75 Å². The molecule has 0 radical (unpaired) electrons. The summed E-state index contributed by atoms with van der Waals surface area (Å²) in [5, 5.41) is 9.87. The van der Waals surface area contributed by atoms with Gasteiger partial charge in [0.25, 0.3) is 0 Å². The number of benzene rings is 1. The van der Waals surface area contributed by atoms with Gasteiger partial charge in [-0.2, -0.15) is 0 Å². The van der Waals surface area contributed by atoms with Crippen molar-refractivity contribution in [2.24, 2.45) is 5.73 Å². The molecule has 1 aromatic rings. The Morgan fingerprint density at radius 3 is 3.00 bits per heavy atom. The number of nitrogens with two attached hydrogens (primary N) is 1. The van der Waals surface area contributed by atoms with Crippen molar-refractivity contribution in [1.82, 2.24) is 0 Å². The Morgan fingerprint density at radius 1 is 1.50 bits per heavy atom. The lowest BCUT2D eigenvalue weighted by Crippen LogP contribution is -2.32. The number of ether oxygens (including phenoxy) is 1. The minimum absolute atomic E-state index is 0.144. The maximum absolute atomic E-state index is 9.87. The number of methoxy groups -OCH3 is 1. The van der Waals surface area contributed by atoms with Crippen LogP contribution in [0, 0.1) is 0 Å². The fraction of sp³-hybridized carbons (Fsp3) is 0.455. The van der Waals surface area contributed by atoms with E-state index in [1.807, 2.05) is 18.2 Å². The molecule has 0 heterocycles. The minimum Gasteiger partial charge on any atom is -0.497 e. The second-order valence-corrected chi connectivity index (χ2v) is 3.71. The molecular formula is C11H15NO2. The zero-order valence-corrected chi connectivity index (χ0v) is 8.23. The highest BCUT2D eigenvalue weighted by atomic mass is 16.5. The van der Waals surface area contributed by atoms with Crippen molar-refractivity contribution in [2.75, 3.05) is 7.11 Å². The van der Waals surface area contributed by atoms with Crippen LogP contribution in [-0.2, 0) is 6.42 Å². The van der Waals surface area contributed by atoms with Crippen LogP contribution in [0.15, 0.2) is 18.2 Å². The maximum atomic E-state index is 9.87. The third-order valence-corrected chi connectivity index (χ3v) is 2.82. The molecule has 3 N–H and O–H groups in total. The van der Waals surface area contributed by atoms with Gasteiger partial charge in [0.05, 0.1) is 13.2 Å². The summed E-state index contributed by atoms with van der Waals surface area (Å²) in [6.45, 7) is 0. The topological polar surface area (TPSA) is 55.5 Å². The van der Waals surface area contributed by atoms with Crippen molar-refractivity contribution in [3.63, 3.8) is 0 Å². The van der Waals surface area contributed by atoms with E-state index in [-0.39, 0.29) is 6.04 Å². The smallest absolute Gasteiger partial charge is 0.119 e. The molecule has 1 aromatic carbocycles. The fourth-order valence-corrected chi connectivity index (χ4v) is 1.91. The molecule has 3 heteroatoms. The van der Waals surface area contributed by atoms with Crippen LogP contribution in [-0.4, -0.2) is 18.3 Å². The summed E-state index contributed by atoms with van der Waals surface area (Å²) in [6, 6.07) is 5.65. The molecule has 76 valence electrons. The lowest BCUT2D eigenvalue weighted by molar-refractivity contribution is 0.133. The summed E-state index contributed by atoms with van der Waals surface area (Å²) in [5.41, 5.74) is 7.89. The molecule has 0 aliphatic heterocycles. The van der Waals surface area contributed by atoms with Crippen molar-refractivity contribution in [2.45, 2.75) is 25.0 Å². The van der Waals surface area contributed by atoms with Gasteiger partial charge >= 0.3 is 0 Å². The molecule has 1 aliphatic rings. The van der Waals surface area contributed by atoms with E-state index in [1.165, 1.54) is 5.56 Å². The molecule has 2 atom stereocenters. The van der Waals surface area contributed by atoms with Gasteiger partial charge in [-0.3, -0.25) is 0 Å². The standard InChI is InChI=1S/C11H15NO2/c1-14-8-4-2-7-3-5-10(12)11(13)9(7)6-8/h2,4,6,10-11,13H,3,5,12H2,1H3/t10-,11+/m0/s1. The third kappa shape index (κ3) is 1.49. The highest BCUT2D eigenvalue weighted by Gasteiger charge is 2.25. The second-order valence-electron chi connectivity index (χ2n) is 3.71. The summed E-state index contributed by atoms with van der Waals surface area (Å²) in [5.74, 6) is 0.775. The van der Waals surface area contributed by atoms with Crippen LogP contribution < -0.4 is 10.5 Å². The van der Waals surface area contributed by atoms with Crippen LogP contribution in [0.4, 0.5) is 0 Å².